The molecule has 0 aliphatic carbocycles. The quantitative estimate of drug-likeness (QED) is 0.323. The number of halogens is 1. The van der Waals surface area contributed by atoms with Crippen LogP contribution in [0, 0.1) is 5.41 Å². The molecule has 0 unspecified atom stereocenters. The van der Waals surface area contributed by atoms with Crippen molar-refractivity contribution < 1.29 is 14.6 Å². The first-order chi connectivity index (χ1) is 16.7. The molecule has 3 aromatic heterocycles. The Hall–Kier alpha value is -3.69. The lowest BCUT2D eigenvalue weighted by Gasteiger charge is -2.18. The van der Waals surface area contributed by atoms with Crippen LogP contribution in [0.25, 0.3) is 11.0 Å². The number of carbonyl (C=O) groups is 1. The molecule has 0 saturated heterocycles. The summed E-state index contributed by atoms with van der Waals surface area (Å²) in [5.41, 5.74) is 2.57. The molecule has 0 saturated carbocycles. The van der Waals surface area contributed by atoms with Gasteiger partial charge >= 0.3 is 0 Å². The van der Waals surface area contributed by atoms with Gasteiger partial charge in [-0.15, -0.1) is 0 Å². The lowest BCUT2D eigenvalue weighted by molar-refractivity contribution is 0.0934. The van der Waals surface area contributed by atoms with Crippen molar-refractivity contribution in [2.45, 2.75) is 27.3 Å². The van der Waals surface area contributed by atoms with Crippen molar-refractivity contribution >= 4 is 40.0 Å². The number of hydrogen-bond donors (Lipinski definition) is 3. The minimum Gasteiger partial charge on any atom is -0.454 e. The van der Waals surface area contributed by atoms with E-state index in [9.17, 15) is 9.90 Å². The van der Waals surface area contributed by atoms with E-state index in [2.05, 4.69) is 25.6 Å². The number of aliphatic hydroxyl groups excluding tert-OH is 1. The van der Waals surface area contributed by atoms with Gasteiger partial charge in [-0.3, -0.25) is 4.79 Å². The summed E-state index contributed by atoms with van der Waals surface area (Å²) in [5.74, 6) is 1.27. The number of pyridine rings is 1. The number of fused-ring (bicyclic) bond motifs is 1. The van der Waals surface area contributed by atoms with Crippen molar-refractivity contribution in [1.29, 1.82) is 0 Å². The maximum atomic E-state index is 12.3. The Balaban J connectivity index is 1.45. The molecule has 1 aromatic carbocycles. The molecule has 4 rings (SSSR count). The zero-order valence-corrected chi connectivity index (χ0v) is 20.5. The van der Waals surface area contributed by atoms with E-state index in [1.54, 1.807) is 24.3 Å². The van der Waals surface area contributed by atoms with Gasteiger partial charge in [0.2, 0.25) is 0 Å². The van der Waals surface area contributed by atoms with E-state index < -0.39 is 0 Å². The third-order valence-electron chi connectivity index (χ3n) is 5.06. The van der Waals surface area contributed by atoms with Gasteiger partial charge in [-0.05, 0) is 41.8 Å². The molecular formula is C25H27ClN6O3. The van der Waals surface area contributed by atoms with Gasteiger partial charge in [-0.1, -0.05) is 32.4 Å². The van der Waals surface area contributed by atoms with Crippen LogP contribution in [-0.4, -0.2) is 43.7 Å². The van der Waals surface area contributed by atoms with Gasteiger partial charge in [-0.2, -0.15) is 0 Å². The first-order valence-electron chi connectivity index (χ1n) is 11.1. The van der Waals surface area contributed by atoms with Crippen LogP contribution in [0.3, 0.4) is 0 Å². The van der Waals surface area contributed by atoms with Crippen LogP contribution < -0.4 is 15.4 Å². The molecule has 9 nitrogen and oxygen atoms in total. The van der Waals surface area contributed by atoms with Crippen molar-refractivity contribution in [3.05, 3.63) is 65.8 Å². The molecule has 35 heavy (non-hydrogen) atoms. The molecule has 0 bridgehead atoms. The molecule has 3 heterocycles. The topological polar surface area (TPSA) is 114 Å². The third kappa shape index (κ3) is 6.06. The number of ether oxygens (including phenoxy) is 1. The molecule has 0 radical (unpaired) electrons. The Bertz CT molecular complexity index is 1330. The number of rotatable bonds is 8. The highest BCUT2D eigenvalue weighted by Crippen LogP contribution is 2.33. The van der Waals surface area contributed by atoms with Crippen LogP contribution >= 0.6 is 11.6 Å². The van der Waals surface area contributed by atoms with Gasteiger partial charge in [0, 0.05) is 25.0 Å². The van der Waals surface area contributed by atoms with Gasteiger partial charge in [0.1, 0.15) is 29.0 Å². The number of aliphatic hydroxyl groups is 1. The van der Waals surface area contributed by atoms with Crippen molar-refractivity contribution in [3.63, 3.8) is 0 Å². The minimum atomic E-state index is -0.233. The van der Waals surface area contributed by atoms with Crippen molar-refractivity contribution in [1.82, 2.24) is 24.8 Å². The standard InChI is InChI=1S/C25H27ClN6O3/c1-25(2,3)14-28-24(34)20-6-5-17(13-27-20)35-21-7-4-16(12-18(21)26)31-23-22-19(29-15-30-23)8-9-32(22)10-11-33/h4-9,12-13,15,33H,10-11,14H2,1-3H3,(H,28,34)(H,29,30,31). The molecular weight excluding hydrogens is 468 g/mol. The zero-order chi connectivity index (χ0) is 25.0. The van der Waals surface area contributed by atoms with E-state index in [1.165, 1.54) is 12.5 Å². The van der Waals surface area contributed by atoms with Crippen LogP contribution in [0.1, 0.15) is 31.3 Å². The largest absolute Gasteiger partial charge is 0.454 e. The summed E-state index contributed by atoms with van der Waals surface area (Å²) >= 11 is 6.47. The van der Waals surface area contributed by atoms with Crippen LogP contribution in [0.2, 0.25) is 5.02 Å². The fourth-order valence-electron chi connectivity index (χ4n) is 3.35. The number of benzene rings is 1. The van der Waals surface area contributed by atoms with Crippen LogP contribution in [0.5, 0.6) is 11.5 Å². The average molecular weight is 495 g/mol. The molecule has 1 amide bonds. The number of carbonyl (C=O) groups excluding carboxylic acids is 1. The summed E-state index contributed by atoms with van der Waals surface area (Å²) in [7, 11) is 0. The summed E-state index contributed by atoms with van der Waals surface area (Å²) in [6.45, 7) is 7.13. The molecule has 0 aliphatic rings. The lowest BCUT2D eigenvalue weighted by atomic mass is 9.97. The molecule has 182 valence electrons. The first kappa shape index (κ1) is 24.4. The number of aromatic nitrogens is 4. The summed E-state index contributed by atoms with van der Waals surface area (Å²) in [5, 5.41) is 15.8. The van der Waals surface area contributed by atoms with E-state index in [0.29, 0.717) is 46.8 Å². The number of amides is 1. The smallest absolute Gasteiger partial charge is 0.269 e. The van der Waals surface area contributed by atoms with Gasteiger partial charge in [-0.25, -0.2) is 15.0 Å². The summed E-state index contributed by atoms with van der Waals surface area (Å²) in [6, 6.07) is 10.4. The Morgan fingerprint density at radius 1 is 1.14 bits per heavy atom. The van der Waals surface area contributed by atoms with Crippen LogP contribution in [0.15, 0.2) is 55.1 Å². The molecule has 3 N–H and O–H groups in total. The van der Waals surface area contributed by atoms with Crippen molar-refractivity contribution in [3.8, 4) is 11.5 Å². The third-order valence-corrected chi connectivity index (χ3v) is 5.36. The van der Waals surface area contributed by atoms with E-state index in [-0.39, 0.29) is 17.9 Å². The second-order valence-corrected chi connectivity index (χ2v) is 9.59. The predicted molar refractivity (Wildman–Crippen MR) is 135 cm³/mol. The first-order valence-corrected chi connectivity index (χ1v) is 11.5. The van der Waals surface area contributed by atoms with E-state index in [4.69, 9.17) is 16.3 Å². The summed E-state index contributed by atoms with van der Waals surface area (Å²) in [6.07, 6.45) is 4.83. The molecule has 0 aliphatic heterocycles. The predicted octanol–water partition coefficient (Wildman–Crippen LogP) is 4.78. The highest BCUT2D eigenvalue weighted by atomic mass is 35.5. The Morgan fingerprint density at radius 3 is 2.66 bits per heavy atom. The van der Waals surface area contributed by atoms with Crippen molar-refractivity contribution in [2.24, 2.45) is 5.41 Å². The molecule has 10 heteroatoms. The zero-order valence-electron chi connectivity index (χ0n) is 19.7. The second kappa shape index (κ2) is 10.3. The van der Waals surface area contributed by atoms with Crippen LogP contribution in [-0.2, 0) is 6.54 Å². The number of nitrogens with zero attached hydrogens (tertiary/aromatic N) is 4. The molecule has 0 atom stereocenters. The number of nitrogens with one attached hydrogen (secondary N) is 2. The van der Waals surface area contributed by atoms with Crippen LogP contribution in [0.4, 0.5) is 11.5 Å². The van der Waals surface area contributed by atoms with Gasteiger partial charge in [0.15, 0.2) is 5.82 Å². The Morgan fingerprint density at radius 2 is 1.97 bits per heavy atom. The molecule has 4 aromatic rings. The monoisotopic (exact) mass is 494 g/mol. The van der Waals surface area contributed by atoms with E-state index in [0.717, 1.165) is 11.0 Å². The maximum absolute atomic E-state index is 12.3. The maximum Gasteiger partial charge on any atom is 0.269 e. The number of anilines is 2. The number of hydrogen-bond acceptors (Lipinski definition) is 7. The summed E-state index contributed by atoms with van der Waals surface area (Å²) in [4.78, 5) is 25.1. The average Bonchev–Trinajstić information content (AvgIpc) is 3.23. The minimum absolute atomic E-state index is 0.00735. The SMILES string of the molecule is CC(C)(C)CNC(=O)c1ccc(Oc2ccc(Nc3ncnc4ccn(CCO)c34)cc2Cl)cn1. The normalized spacial score (nSPS) is 11.5. The highest BCUT2D eigenvalue weighted by molar-refractivity contribution is 6.32. The molecule has 0 spiro atoms. The van der Waals surface area contributed by atoms with E-state index in [1.807, 2.05) is 43.7 Å². The fraction of sp³-hybridized carbons (Fsp3) is 0.280. The highest BCUT2D eigenvalue weighted by Gasteiger charge is 2.15. The Labute approximate surface area is 208 Å². The second-order valence-electron chi connectivity index (χ2n) is 9.18. The van der Waals surface area contributed by atoms with Gasteiger partial charge in [0.25, 0.3) is 5.91 Å². The van der Waals surface area contributed by atoms with Crippen molar-refractivity contribution in [2.75, 3.05) is 18.5 Å². The van der Waals surface area contributed by atoms with E-state index >= 15 is 0 Å². The Kier molecular flexibility index (Phi) is 7.18. The fourth-order valence-corrected chi connectivity index (χ4v) is 3.57. The van der Waals surface area contributed by atoms with Gasteiger partial charge < -0.3 is 25.0 Å². The van der Waals surface area contributed by atoms with Gasteiger partial charge in [0.05, 0.1) is 23.3 Å². The summed E-state index contributed by atoms with van der Waals surface area (Å²) < 4.78 is 7.75. The molecule has 0 fully saturated rings. The lowest BCUT2D eigenvalue weighted by Crippen LogP contribution is -2.32.